The monoisotopic (exact) mass is 312 g/mol. The summed E-state index contributed by atoms with van der Waals surface area (Å²) in [5.74, 6) is 0. The maximum absolute atomic E-state index is 5.13. The first-order valence-corrected chi connectivity index (χ1v) is 7.14. The average molecular weight is 312 g/mol. The van der Waals surface area contributed by atoms with Crippen LogP contribution in [0.5, 0.6) is 0 Å². The number of rotatable bonds is 6. The maximum atomic E-state index is 5.13. The molecule has 0 radical (unpaired) electrons. The van der Waals surface area contributed by atoms with E-state index >= 15 is 0 Å². The smallest absolute Gasteiger partial charge is 0.185 e. The lowest BCUT2D eigenvalue weighted by atomic mass is 10.1. The Bertz CT molecular complexity index is 414. The standard InChI is InChI=1S/C13H20N4OS2/c1-18-10-9-15-13(20)17-16-12(19)14-8-7-11-5-3-2-4-6-11/h2-6H,7-10H2,1H3,(H2,14,16,19)(H2,15,17,20). The number of thiocarbonyl (C=S) groups is 2. The molecule has 4 N–H and O–H groups in total. The fourth-order valence-corrected chi connectivity index (χ4v) is 1.74. The molecule has 0 aliphatic carbocycles. The molecule has 0 fully saturated rings. The van der Waals surface area contributed by atoms with Crippen molar-refractivity contribution >= 4 is 34.7 Å². The molecule has 0 unspecified atom stereocenters. The maximum Gasteiger partial charge on any atom is 0.185 e. The van der Waals surface area contributed by atoms with Gasteiger partial charge < -0.3 is 15.4 Å². The Labute approximate surface area is 130 Å². The molecule has 0 aliphatic heterocycles. The topological polar surface area (TPSA) is 57.4 Å². The van der Waals surface area contributed by atoms with Crippen LogP contribution in [0.2, 0.25) is 0 Å². The summed E-state index contributed by atoms with van der Waals surface area (Å²) < 4.78 is 4.90. The van der Waals surface area contributed by atoms with E-state index in [9.17, 15) is 0 Å². The minimum absolute atomic E-state index is 0.481. The van der Waals surface area contributed by atoms with E-state index in [4.69, 9.17) is 29.2 Å². The Balaban J connectivity index is 2.07. The number of hydrogen-bond donors (Lipinski definition) is 4. The molecule has 0 saturated carbocycles. The van der Waals surface area contributed by atoms with Crippen LogP contribution in [0, 0.1) is 0 Å². The predicted molar refractivity (Wildman–Crippen MR) is 89.5 cm³/mol. The molecular formula is C13H20N4OS2. The second-order valence-corrected chi connectivity index (χ2v) is 4.81. The van der Waals surface area contributed by atoms with E-state index in [1.54, 1.807) is 7.11 Å². The van der Waals surface area contributed by atoms with Gasteiger partial charge >= 0.3 is 0 Å². The van der Waals surface area contributed by atoms with Gasteiger partial charge in [0.2, 0.25) is 0 Å². The minimum Gasteiger partial charge on any atom is -0.383 e. The fourth-order valence-electron chi connectivity index (χ4n) is 1.43. The number of benzene rings is 1. The number of hydrogen-bond acceptors (Lipinski definition) is 3. The first-order valence-electron chi connectivity index (χ1n) is 6.33. The molecule has 0 aromatic heterocycles. The summed E-state index contributed by atoms with van der Waals surface area (Å²) in [5.41, 5.74) is 6.89. The highest BCUT2D eigenvalue weighted by Crippen LogP contribution is 1.97. The summed E-state index contributed by atoms with van der Waals surface area (Å²) >= 11 is 10.2. The van der Waals surface area contributed by atoms with Crippen LogP contribution in [0.15, 0.2) is 30.3 Å². The first-order chi connectivity index (χ1) is 9.72. The Kier molecular flexibility index (Phi) is 8.61. The van der Waals surface area contributed by atoms with Crippen LogP contribution in [0.1, 0.15) is 5.56 Å². The van der Waals surface area contributed by atoms with Crippen molar-refractivity contribution < 1.29 is 4.74 Å². The highest BCUT2D eigenvalue weighted by molar-refractivity contribution is 7.80. The van der Waals surface area contributed by atoms with Gasteiger partial charge in [0.1, 0.15) is 0 Å². The van der Waals surface area contributed by atoms with Crippen molar-refractivity contribution in [3.8, 4) is 0 Å². The Morgan fingerprint density at radius 2 is 1.60 bits per heavy atom. The van der Waals surface area contributed by atoms with Crippen LogP contribution in [0.4, 0.5) is 0 Å². The molecule has 110 valence electrons. The lowest BCUT2D eigenvalue weighted by Crippen LogP contribution is -2.50. The van der Waals surface area contributed by atoms with Crippen molar-refractivity contribution in [1.29, 1.82) is 0 Å². The van der Waals surface area contributed by atoms with Crippen molar-refractivity contribution in [2.24, 2.45) is 0 Å². The van der Waals surface area contributed by atoms with Crippen molar-refractivity contribution in [2.75, 3.05) is 26.8 Å². The average Bonchev–Trinajstić information content (AvgIpc) is 2.46. The molecule has 0 heterocycles. The number of methoxy groups -OCH3 is 1. The summed E-state index contributed by atoms with van der Waals surface area (Å²) in [7, 11) is 1.64. The molecule has 0 saturated heterocycles. The van der Waals surface area contributed by atoms with Crippen LogP contribution in [-0.2, 0) is 11.2 Å². The second kappa shape index (κ2) is 10.4. The van der Waals surface area contributed by atoms with Crippen LogP contribution < -0.4 is 21.5 Å². The van der Waals surface area contributed by atoms with Crippen molar-refractivity contribution in [2.45, 2.75) is 6.42 Å². The lowest BCUT2D eigenvalue weighted by molar-refractivity contribution is 0.204. The van der Waals surface area contributed by atoms with E-state index in [2.05, 4.69) is 33.6 Å². The zero-order chi connectivity index (χ0) is 14.6. The van der Waals surface area contributed by atoms with Crippen molar-refractivity contribution in [1.82, 2.24) is 21.5 Å². The van der Waals surface area contributed by atoms with Gasteiger partial charge in [-0.2, -0.15) is 0 Å². The Morgan fingerprint density at radius 3 is 2.20 bits per heavy atom. The van der Waals surface area contributed by atoms with Crippen LogP contribution in [0.25, 0.3) is 0 Å². The van der Waals surface area contributed by atoms with Gasteiger partial charge in [-0.05, 0) is 36.4 Å². The van der Waals surface area contributed by atoms with E-state index < -0.39 is 0 Å². The lowest BCUT2D eigenvalue weighted by Gasteiger charge is -2.14. The minimum atomic E-state index is 0.481. The summed E-state index contributed by atoms with van der Waals surface area (Å²) in [6, 6.07) is 10.2. The third kappa shape index (κ3) is 7.88. The van der Waals surface area contributed by atoms with E-state index in [1.807, 2.05) is 18.2 Å². The van der Waals surface area contributed by atoms with Crippen molar-refractivity contribution in [3.05, 3.63) is 35.9 Å². The fraction of sp³-hybridized carbons (Fsp3) is 0.385. The molecule has 20 heavy (non-hydrogen) atoms. The largest absolute Gasteiger partial charge is 0.383 e. The molecule has 1 rings (SSSR count). The van der Waals surface area contributed by atoms with Crippen LogP contribution in [0.3, 0.4) is 0 Å². The van der Waals surface area contributed by atoms with Gasteiger partial charge in [-0.3, -0.25) is 10.9 Å². The molecular weight excluding hydrogens is 292 g/mol. The van der Waals surface area contributed by atoms with E-state index in [0.29, 0.717) is 23.4 Å². The highest BCUT2D eigenvalue weighted by Gasteiger charge is 1.97. The van der Waals surface area contributed by atoms with Gasteiger partial charge in [-0.25, -0.2) is 0 Å². The third-order valence-electron chi connectivity index (χ3n) is 2.42. The zero-order valence-corrected chi connectivity index (χ0v) is 13.1. The number of ether oxygens (including phenoxy) is 1. The van der Waals surface area contributed by atoms with Crippen molar-refractivity contribution in [3.63, 3.8) is 0 Å². The van der Waals surface area contributed by atoms with Gasteiger partial charge in [-0.1, -0.05) is 30.3 Å². The second-order valence-electron chi connectivity index (χ2n) is 3.99. The number of nitrogens with one attached hydrogen (secondary N) is 4. The van der Waals surface area contributed by atoms with Gasteiger partial charge in [0.25, 0.3) is 0 Å². The summed E-state index contributed by atoms with van der Waals surface area (Å²) in [5, 5.41) is 7.06. The molecule has 5 nitrogen and oxygen atoms in total. The van der Waals surface area contributed by atoms with E-state index in [1.165, 1.54) is 5.56 Å². The molecule has 1 aromatic carbocycles. The third-order valence-corrected chi connectivity index (χ3v) is 2.92. The summed E-state index contributed by atoms with van der Waals surface area (Å²) in [6.07, 6.45) is 0.916. The van der Waals surface area contributed by atoms with Gasteiger partial charge in [0.15, 0.2) is 10.2 Å². The molecule has 1 aromatic rings. The van der Waals surface area contributed by atoms with E-state index in [0.717, 1.165) is 13.0 Å². The Hall–Kier alpha value is -1.44. The Morgan fingerprint density at radius 1 is 1.00 bits per heavy atom. The molecule has 7 heteroatoms. The van der Waals surface area contributed by atoms with Gasteiger partial charge in [-0.15, -0.1) is 0 Å². The quantitative estimate of drug-likeness (QED) is 0.351. The van der Waals surface area contributed by atoms with E-state index in [-0.39, 0.29) is 0 Å². The SMILES string of the molecule is COCCNC(=S)NNC(=S)NCCc1ccccc1. The molecule has 0 bridgehead atoms. The molecule has 0 amide bonds. The predicted octanol–water partition coefficient (Wildman–Crippen LogP) is 0.719. The van der Waals surface area contributed by atoms with Gasteiger partial charge in [0.05, 0.1) is 6.61 Å². The molecule has 0 atom stereocenters. The van der Waals surface area contributed by atoms with Crippen LogP contribution >= 0.6 is 24.4 Å². The highest BCUT2D eigenvalue weighted by atomic mass is 32.1. The summed E-state index contributed by atoms with van der Waals surface area (Å²) in [4.78, 5) is 0. The normalized spacial score (nSPS) is 9.65. The zero-order valence-electron chi connectivity index (χ0n) is 11.4. The van der Waals surface area contributed by atoms with Crippen LogP contribution in [-0.4, -0.2) is 37.0 Å². The summed E-state index contributed by atoms with van der Waals surface area (Å²) in [6.45, 7) is 2.02. The number of hydrazine groups is 1. The molecule has 0 spiro atoms. The molecule has 0 aliphatic rings. The van der Waals surface area contributed by atoms with Gasteiger partial charge in [0, 0.05) is 20.2 Å². The first kappa shape index (κ1) is 16.6.